The van der Waals surface area contributed by atoms with Gasteiger partial charge in [0.15, 0.2) is 6.39 Å². The van der Waals surface area contributed by atoms with Crippen LogP contribution >= 0.6 is 12.4 Å². The predicted octanol–water partition coefficient (Wildman–Crippen LogP) is 2.10. The Bertz CT molecular complexity index is 433. The Labute approximate surface area is 120 Å². The highest BCUT2D eigenvalue weighted by molar-refractivity contribution is 5.85. The lowest BCUT2D eigenvalue weighted by molar-refractivity contribution is 0.273. The van der Waals surface area contributed by atoms with E-state index in [1.807, 2.05) is 6.07 Å². The fourth-order valence-electron chi connectivity index (χ4n) is 1.93. The van der Waals surface area contributed by atoms with Gasteiger partial charge in [0, 0.05) is 26.2 Å². The van der Waals surface area contributed by atoms with Crippen LogP contribution in [0.25, 0.3) is 0 Å². The molecule has 104 valence electrons. The van der Waals surface area contributed by atoms with E-state index in [4.69, 9.17) is 10.2 Å². The molecule has 5 heteroatoms. The van der Waals surface area contributed by atoms with Crippen LogP contribution < -0.4 is 5.73 Å². The van der Waals surface area contributed by atoms with E-state index in [0.29, 0.717) is 6.54 Å². The van der Waals surface area contributed by atoms with Gasteiger partial charge >= 0.3 is 0 Å². The lowest BCUT2D eigenvalue weighted by atomic mass is 10.1. The molecule has 4 nitrogen and oxygen atoms in total. The van der Waals surface area contributed by atoms with Crippen LogP contribution in [-0.4, -0.2) is 29.5 Å². The molecular formula is C14H20ClN3O. The van der Waals surface area contributed by atoms with Crippen molar-refractivity contribution in [2.24, 2.45) is 5.73 Å². The second-order valence-electron chi connectivity index (χ2n) is 4.28. The maximum absolute atomic E-state index is 5.64. The van der Waals surface area contributed by atoms with E-state index in [9.17, 15) is 0 Å². The highest BCUT2D eigenvalue weighted by Gasteiger charge is 2.07. The first-order chi connectivity index (χ1) is 8.88. The van der Waals surface area contributed by atoms with Gasteiger partial charge in [0.05, 0.1) is 5.69 Å². The molecule has 2 aromatic rings. The third kappa shape index (κ3) is 5.42. The van der Waals surface area contributed by atoms with Crippen LogP contribution in [0.1, 0.15) is 11.3 Å². The third-order valence-corrected chi connectivity index (χ3v) is 2.87. The van der Waals surface area contributed by atoms with Crippen LogP contribution in [0.3, 0.4) is 0 Å². The monoisotopic (exact) mass is 281 g/mol. The van der Waals surface area contributed by atoms with Crippen molar-refractivity contribution in [3.8, 4) is 0 Å². The van der Waals surface area contributed by atoms with Crippen molar-refractivity contribution in [1.82, 2.24) is 9.88 Å². The topological polar surface area (TPSA) is 55.3 Å². The SMILES string of the molecule is Cl.NCCN(CCc1ccccc1)Cc1cocn1. The van der Waals surface area contributed by atoms with E-state index < -0.39 is 0 Å². The minimum absolute atomic E-state index is 0. The molecule has 1 aromatic carbocycles. The van der Waals surface area contributed by atoms with Crippen molar-refractivity contribution in [3.05, 3.63) is 54.2 Å². The van der Waals surface area contributed by atoms with Crippen LogP contribution in [0.2, 0.25) is 0 Å². The summed E-state index contributed by atoms with van der Waals surface area (Å²) in [6.45, 7) is 3.31. The molecule has 0 radical (unpaired) electrons. The summed E-state index contributed by atoms with van der Waals surface area (Å²) in [5.74, 6) is 0. The molecule has 1 aromatic heterocycles. The predicted molar refractivity (Wildman–Crippen MR) is 78.2 cm³/mol. The molecule has 0 saturated carbocycles. The van der Waals surface area contributed by atoms with Gasteiger partial charge in [-0.3, -0.25) is 4.90 Å². The zero-order valence-corrected chi connectivity index (χ0v) is 11.7. The van der Waals surface area contributed by atoms with E-state index in [0.717, 1.165) is 31.7 Å². The van der Waals surface area contributed by atoms with Gasteiger partial charge in [-0.2, -0.15) is 0 Å². The Balaban J connectivity index is 0.00000180. The van der Waals surface area contributed by atoms with Crippen molar-refractivity contribution >= 4 is 12.4 Å². The van der Waals surface area contributed by atoms with Gasteiger partial charge in [-0.15, -0.1) is 12.4 Å². The lowest BCUT2D eigenvalue weighted by Crippen LogP contribution is -2.31. The highest BCUT2D eigenvalue weighted by atomic mass is 35.5. The summed E-state index contributed by atoms with van der Waals surface area (Å²) >= 11 is 0. The molecule has 0 saturated heterocycles. The number of benzene rings is 1. The standard InChI is InChI=1S/C14H19N3O.ClH/c15-7-9-17(10-14-11-18-12-16-14)8-6-13-4-2-1-3-5-13;/h1-5,11-12H,6-10,15H2;1H. The molecule has 0 aliphatic heterocycles. The normalized spacial score (nSPS) is 10.4. The largest absolute Gasteiger partial charge is 0.451 e. The summed E-state index contributed by atoms with van der Waals surface area (Å²) < 4.78 is 4.99. The van der Waals surface area contributed by atoms with Crippen LogP contribution in [0.5, 0.6) is 0 Å². The van der Waals surface area contributed by atoms with Gasteiger partial charge in [0.25, 0.3) is 0 Å². The van der Waals surface area contributed by atoms with E-state index in [1.165, 1.54) is 12.0 Å². The summed E-state index contributed by atoms with van der Waals surface area (Å²) in [6, 6.07) is 10.5. The van der Waals surface area contributed by atoms with Crippen molar-refractivity contribution < 1.29 is 4.42 Å². The molecule has 0 fully saturated rings. The maximum Gasteiger partial charge on any atom is 0.180 e. The van der Waals surface area contributed by atoms with Gasteiger partial charge in [-0.25, -0.2) is 4.98 Å². The Kier molecular flexibility index (Phi) is 7.18. The van der Waals surface area contributed by atoms with Crippen molar-refractivity contribution in [3.63, 3.8) is 0 Å². The fraction of sp³-hybridized carbons (Fsp3) is 0.357. The van der Waals surface area contributed by atoms with E-state index >= 15 is 0 Å². The molecule has 0 atom stereocenters. The number of nitrogens with zero attached hydrogens (tertiary/aromatic N) is 2. The third-order valence-electron chi connectivity index (χ3n) is 2.87. The van der Waals surface area contributed by atoms with Gasteiger partial charge in [0.2, 0.25) is 0 Å². The molecule has 2 N–H and O–H groups in total. The minimum atomic E-state index is 0. The summed E-state index contributed by atoms with van der Waals surface area (Å²) in [4.78, 5) is 6.44. The number of aromatic nitrogens is 1. The number of nitrogens with two attached hydrogens (primary N) is 1. The second-order valence-corrected chi connectivity index (χ2v) is 4.28. The average Bonchev–Trinajstić information content (AvgIpc) is 2.90. The van der Waals surface area contributed by atoms with Crippen LogP contribution in [0, 0.1) is 0 Å². The summed E-state index contributed by atoms with van der Waals surface area (Å²) in [7, 11) is 0. The first-order valence-electron chi connectivity index (χ1n) is 6.22. The van der Waals surface area contributed by atoms with Crippen molar-refractivity contribution in [2.45, 2.75) is 13.0 Å². The molecule has 0 amide bonds. The maximum atomic E-state index is 5.64. The van der Waals surface area contributed by atoms with Gasteiger partial charge in [0.1, 0.15) is 6.26 Å². The number of oxazole rings is 1. The van der Waals surface area contributed by atoms with Gasteiger partial charge < -0.3 is 10.2 Å². The van der Waals surface area contributed by atoms with Crippen LogP contribution in [-0.2, 0) is 13.0 Å². The first-order valence-corrected chi connectivity index (χ1v) is 6.22. The summed E-state index contributed by atoms with van der Waals surface area (Å²) in [6.07, 6.45) is 4.18. The van der Waals surface area contributed by atoms with Crippen LogP contribution in [0.4, 0.5) is 0 Å². The summed E-state index contributed by atoms with van der Waals surface area (Å²) in [5.41, 5.74) is 7.94. The Morgan fingerprint density at radius 3 is 2.58 bits per heavy atom. The zero-order chi connectivity index (χ0) is 12.6. The number of hydrogen-bond donors (Lipinski definition) is 1. The lowest BCUT2D eigenvalue weighted by Gasteiger charge is -2.20. The first kappa shape index (κ1) is 15.7. The van der Waals surface area contributed by atoms with Gasteiger partial charge in [-0.05, 0) is 12.0 Å². The molecule has 0 aliphatic rings. The van der Waals surface area contributed by atoms with Crippen molar-refractivity contribution in [1.29, 1.82) is 0 Å². The van der Waals surface area contributed by atoms with E-state index in [1.54, 1.807) is 6.26 Å². The van der Waals surface area contributed by atoms with E-state index in [2.05, 4.69) is 34.1 Å². The zero-order valence-electron chi connectivity index (χ0n) is 10.9. The average molecular weight is 282 g/mol. The highest BCUT2D eigenvalue weighted by Crippen LogP contribution is 2.05. The Morgan fingerprint density at radius 2 is 1.95 bits per heavy atom. The molecule has 19 heavy (non-hydrogen) atoms. The molecule has 0 spiro atoms. The van der Waals surface area contributed by atoms with E-state index in [-0.39, 0.29) is 12.4 Å². The number of rotatable bonds is 7. The van der Waals surface area contributed by atoms with Gasteiger partial charge in [-0.1, -0.05) is 30.3 Å². The molecule has 0 aliphatic carbocycles. The Morgan fingerprint density at radius 1 is 1.16 bits per heavy atom. The smallest absolute Gasteiger partial charge is 0.180 e. The number of halogens is 1. The second kappa shape index (κ2) is 8.69. The van der Waals surface area contributed by atoms with Crippen LogP contribution in [0.15, 0.2) is 47.4 Å². The molecule has 0 bridgehead atoms. The summed E-state index contributed by atoms with van der Waals surface area (Å²) in [5, 5.41) is 0. The molecule has 2 rings (SSSR count). The molecule has 1 heterocycles. The molecular weight excluding hydrogens is 262 g/mol. The minimum Gasteiger partial charge on any atom is -0.451 e. The Hall–Kier alpha value is -1.36. The fourth-order valence-corrected chi connectivity index (χ4v) is 1.93. The quantitative estimate of drug-likeness (QED) is 0.844. The molecule has 0 unspecified atom stereocenters. The van der Waals surface area contributed by atoms with Crippen molar-refractivity contribution in [2.75, 3.05) is 19.6 Å². The number of hydrogen-bond acceptors (Lipinski definition) is 4.